The van der Waals surface area contributed by atoms with Crippen molar-refractivity contribution in [2.75, 3.05) is 12.4 Å². The Morgan fingerprint density at radius 2 is 1.53 bits per heavy atom. The van der Waals surface area contributed by atoms with E-state index in [0.717, 1.165) is 0 Å². The maximum Gasteiger partial charge on any atom is 0.416 e. The third-order valence-electron chi connectivity index (χ3n) is 3.56. The molecule has 0 aliphatic heterocycles. The Hall–Kier alpha value is -3.15. The molecule has 160 valence electrons. The number of nitrogens with zero attached hydrogens (tertiary/aromatic N) is 1. The summed E-state index contributed by atoms with van der Waals surface area (Å²) in [5.74, 6) is -0.527. The lowest BCUT2D eigenvalue weighted by Crippen LogP contribution is -2.24. The van der Waals surface area contributed by atoms with Crippen molar-refractivity contribution < 1.29 is 35.9 Å². The smallest absolute Gasteiger partial charge is 0.416 e. The number of carbonyl (C=O) groups is 1. The Labute approximate surface area is 171 Å². The van der Waals surface area contributed by atoms with E-state index in [1.165, 1.54) is 37.6 Å². The van der Waals surface area contributed by atoms with E-state index in [1.807, 2.05) is 0 Å². The highest BCUT2D eigenvalue weighted by Gasteiger charge is 2.37. The molecule has 2 aromatic carbocycles. The van der Waals surface area contributed by atoms with Crippen LogP contribution in [-0.2, 0) is 17.1 Å². The lowest BCUT2D eigenvalue weighted by Gasteiger charge is -2.15. The van der Waals surface area contributed by atoms with Crippen molar-refractivity contribution in [2.45, 2.75) is 12.4 Å². The van der Waals surface area contributed by atoms with Crippen LogP contribution in [0.15, 0.2) is 47.6 Å². The van der Waals surface area contributed by atoms with Crippen LogP contribution in [0.4, 0.5) is 32.0 Å². The molecular formula is C18H13F6N3O2S. The average molecular weight is 449 g/mol. The average Bonchev–Trinajstić information content (AvgIpc) is 2.66. The quantitative estimate of drug-likeness (QED) is 0.230. The number of thiocarbonyl (C=S) groups is 1. The van der Waals surface area contributed by atoms with E-state index in [2.05, 4.69) is 20.6 Å². The standard InChI is InChI=1S/C18H13F6N3O2S/c1-29-15(28)11-4-2-10(3-5-11)9-25-27-16(30)26-14-7-12(17(19,20)21)6-13(8-14)18(22,23)24/h2-9H,1H3,(H2,26,27,30)/b25-9+. The zero-order valence-electron chi connectivity index (χ0n) is 15.1. The summed E-state index contributed by atoms with van der Waals surface area (Å²) in [5, 5.41) is 5.64. The maximum absolute atomic E-state index is 12.9. The second-order valence-corrected chi connectivity index (χ2v) is 6.14. The Morgan fingerprint density at radius 1 is 1.00 bits per heavy atom. The lowest BCUT2D eigenvalue weighted by atomic mass is 10.1. The lowest BCUT2D eigenvalue weighted by molar-refractivity contribution is -0.143. The molecule has 0 aliphatic rings. The number of methoxy groups -OCH3 is 1. The van der Waals surface area contributed by atoms with Crippen molar-refractivity contribution in [1.29, 1.82) is 0 Å². The van der Waals surface area contributed by atoms with Crippen molar-refractivity contribution in [3.05, 3.63) is 64.7 Å². The highest BCUT2D eigenvalue weighted by atomic mass is 32.1. The Balaban J connectivity index is 2.08. The number of halogens is 6. The summed E-state index contributed by atoms with van der Waals surface area (Å²) in [4.78, 5) is 11.3. The SMILES string of the molecule is COC(=O)c1ccc(/C=N/NC(=S)Nc2cc(C(F)(F)F)cc(C(F)(F)F)c2)cc1. The summed E-state index contributed by atoms with van der Waals surface area (Å²) < 4.78 is 81.8. The van der Waals surface area contributed by atoms with E-state index < -0.39 is 35.1 Å². The van der Waals surface area contributed by atoms with Gasteiger partial charge < -0.3 is 10.1 Å². The predicted molar refractivity (Wildman–Crippen MR) is 101 cm³/mol. The van der Waals surface area contributed by atoms with Crippen LogP contribution in [0.2, 0.25) is 0 Å². The van der Waals surface area contributed by atoms with Gasteiger partial charge in [0.25, 0.3) is 0 Å². The minimum absolute atomic E-state index is 0.0117. The third kappa shape index (κ3) is 6.44. The van der Waals surface area contributed by atoms with Crippen molar-refractivity contribution in [2.24, 2.45) is 5.10 Å². The van der Waals surface area contributed by atoms with Crippen LogP contribution in [0.1, 0.15) is 27.0 Å². The van der Waals surface area contributed by atoms with Gasteiger partial charge in [-0.05, 0) is 48.1 Å². The van der Waals surface area contributed by atoms with Crippen molar-refractivity contribution >= 4 is 35.2 Å². The highest BCUT2D eigenvalue weighted by molar-refractivity contribution is 7.80. The van der Waals surface area contributed by atoms with E-state index in [4.69, 9.17) is 12.2 Å². The second-order valence-electron chi connectivity index (χ2n) is 5.73. The van der Waals surface area contributed by atoms with Gasteiger partial charge in [0.2, 0.25) is 0 Å². The summed E-state index contributed by atoms with van der Waals surface area (Å²) in [6.07, 6.45) is -8.66. The van der Waals surface area contributed by atoms with Gasteiger partial charge in [-0.25, -0.2) is 4.79 Å². The molecule has 12 heteroatoms. The second kappa shape index (κ2) is 9.11. The maximum atomic E-state index is 12.9. The molecule has 2 rings (SSSR count). The molecule has 30 heavy (non-hydrogen) atoms. The van der Waals surface area contributed by atoms with Gasteiger partial charge in [-0.1, -0.05) is 12.1 Å². The molecule has 0 saturated carbocycles. The number of ether oxygens (including phenoxy) is 1. The summed E-state index contributed by atoms with van der Waals surface area (Å²) in [7, 11) is 1.23. The third-order valence-corrected chi connectivity index (χ3v) is 3.75. The van der Waals surface area contributed by atoms with Gasteiger partial charge >= 0.3 is 18.3 Å². The molecule has 2 aromatic rings. The predicted octanol–water partition coefficient (Wildman–Crippen LogP) is 4.83. The first kappa shape index (κ1) is 23.1. The summed E-state index contributed by atoms with van der Waals surface area (Å²) >= 11 is 4.84. The number of hydrogen-bond acceptors (Lipinski definition) is 4. The molecule has 0 radical (unpaired) electrons. The van der Waals surface area contributed by atoms with Gasteiger partial charge in [0.1, 0.15) is 0 Å². The first-order valence-electron chi connectivity index (χ1n) is 7.98. The molecule has 0 spiro atoms. The molecule has 0 heterocycles. The summed E-state index contributed by atoms with van der Waals surface area (Å²) in [6.45, 7) is 0. The topological polar surface area (TPSA) is 62.7 Å². The van der Waals surface area contributed by atoms with Crippen molar-refractivity contribution in [3.63, 3.8) is 0 Å². The minimum Gasteiger partial charge on any atom is -0.465 e. The molecule has 0 fully saturated rings. The van der Waals surface area contributed by atoms with Crippen molar-refractivity contribution in [1.82, 2.24) is 5.43 Å². The minimum atomic E-state index is -4.97. The zero-order valence-corrected chi connectivity index (χ0v) is 15.9. The van der Waals surface area contributed by atoms with E-state index >= 15 is 0 Å². The normalized spacial score (nSPS) is 12.0. The fraction of sp³-hybridized carbons (Fsp3) is 0.167. The number of anilines is 1. The van der Waals surface area contributed by atoms with Crippen LogP contribution in [0.5, 0.6) is 0 Å². The number of hydrazone groups is 1. The molecule has 0 atom stereocenters. The largest absolute Gasteiger partial charge is 0.465 e. The number of nitrogens with one attached hydrogen (secondary N) is 2. The fourth-order valence-electron chi connectivity index (χ4n) is 2.17. The number of alkyl halides is 6. The Bertz CT molecular complexity index is 924. The van der Waals surface area contributed by atoms with Crippen LogP contribution >= 0.6 is 12.2 Å². The van der Waals surface area contributed by atoms with E-state index in [0.29, 0.717) is 23.3 Å². The number of benzene rings is 2. The van der Waals surface area contributed by atoms with E-state index in [9.17, 15) is 31.1 Å². The highest BCUT2D eigenvalue weighted by Crippen LogP contribution is 2.37. The van der Waals surface area contributed by atoms with Crippen LogP contribution < -0.4 is 10.7 Å². The molecule has 0 saturated heterocycles. The first-order valence-corrected chi connectivity index (χ1v) is 8.39. The van der Waals surface area contributed by atoms with Gasteiger partial charge in [0.05, 0.1) is 30.0 Å². The zero-order chi connectivity index (χ0) is 22.5. The van der Waals surface area contributed by atoms with Crippen molar-refractivity contribution in [3.8, 4) is 0 Å². The van der Waals surface area contributed by atoms with E-state index in [-0.39, 0.29) is 11.2 Å². The van der Waals surface area contributed by atoms with Crippen LogP contribution in [0.3, 0.4) is 0 Å². The number of rotatable bonds is 4. The number of hydrogen-bond donors (Lipinski definition) is 2. The first-order chi connectivity index (χ1) is 13.9. The fourth-order valence-corrected chi connectivity index (χ4v) is 2.35. The molecule has 0 amide bonds. The van der Waals surface area contributed by atoms with Crippen LogP contribution in [0, 0.1) is 0 Å². The van der Waals surface area contributed by atoms with Crippen LogP contribution in [0.25, 0.3) is 0 Å². The van der Waals surface area contributed by atoms with Gasteiger partial charge in [-0.15, -0.1) is 0 Å². The van der Waals surface area contributed by atoms with Gasteiger partial charge in [0, 0.05) is 5.69 Å². The molecule has 0 bridgehead atoms. The Kier molecular flexibility index (Phi) is 7.03. The van der Waals surface area contributed by atoms with Gasteiger partial charge in [-0.3, -0.25) is 5.43 Å². The summed E-state index contributed by atoms with van der Waals surface area (Å²) in [5.41, 5.74) is -0.329. The summed E-state index contributed by atoms with van der Waals surface area (Å²) in [6, 6.07) is 7.04. The molecular weight excluding hydrogens is 436 g/mol. The van der Waals surface area contributed by atoms with E-state index in [1.54, 1.807) is 0 Å². The van der Waals surface area contributed by atoms with Crippen LogP contribution in [-0.4, -0.2) is 24.4 Å². The number of esters is 1. The van der Waals surface area contributed by atoms with Gasteiger partial charge in [0.15, 0.2) is 5.11 Å². The Morgan fingerprint density at radius 3 is 2.00 bits per heavy atom. The monoisotopic (exact) mass is 449 g/mol. The molecule has 0 aliphatic carbocycles. The van der Waals surface area contributed by atoms with Gasteiger partial charge in [-0.2, -0.15) is 31.4 Å². The number of carbonyl (C=O) groups excluding carboxylic acids is 1. The molecule has 0 unspecified atom stereocenters. The molecule has 5 nitrogen and oxygen atoms in total. The molecule has 2 N–H and O–H groups in total. The molecule has 0 aromatic heterocycles.